The zero-order valence-electron chi connectivity index (χ0n) is 10.8. The number of hydrogen-bond donors (Lipinski definition) is 1. The molecule has 0 atom stereocenters. The van der Waals surface area contributed by atoms with Gasteiger partial charge >= 0.3 is 0 Å². The highest BCUT2D eigenvalue weighted by Crippen LogP contribution is 2.30. The zero-order valence-corrected chi connectivity index (χ0v) is 10.8. The monoisotopic (exact) mass is 247 g/mol. The van der Waals surface area contributed by atoms with Gasteiger partial charge in [0.25, 0.3) is 0 Å². The molecule has 1 heteroatoms. The lowest BCUT2D eigenvalue weighted by Gasteiger charge is -2.24. The molecule has 0 aromatic heterocycles. The maximum absolute atomic E-state index is 3.49. The van der Waals surface area contributed by atoms with Gasteiger partial charge in [0.15, 0.2) is 0 Å². The molecule has 0 spiro atoms. The third-order valence-electron chi connectivity index (χ3n) is 3.41. The summed E-state index contributed by atoms with van der Waals surface area (Å²) < 4.78 is 0. The number of hydrogen-bond acceptors (Lipinski definition) is 1. The van der Waals surface area contributed by atoms with E-state index >= 15 is 0 Å². The fourth-order valence-electron chi connectivity index (χ4n) is 2.52. The first kappa shape index (κ1) is 11.8. The molecule has 1 heterocycles. The molecule has 1 aliphatic rings. The highest BCUT2D eigenvalue weighted by molar-refractivity contribution is 5.42. The van der Waals surface area contributed by atoms with E-state index in [1.54, 1.807) is 0 Å². The lowest BCUT2D eigenvalue weighted by atomic mass is 9.87. The van der Waals surface area contributed by atoms with Crippen LogP contribution in [-0.2, 0) is 0 Å². The van der Waals surface area contributed by atoms with Crippen molar-refractivity contribution in [3.05, 3.63) is 95.7 Å². The van der Waals surface area contributed by atoms with Crippen molar-refractivity contribution in [1.29, 1.82) is 0 Å². The molecule has 1 N–H and O–H groups in total. The van der Waals surface area contributed by atoms with Gasteiger partial charge < -0.3 is 5.32 Å². The van der Waals surface area contributed by atoms with Crippen molar-refractivity contribution in [2.24, 2.45) is 0 Å². The summed E-state index contributed by atoms with van der Waals surface area (Å²) in [6, 6.07) is 21.3. The third kappa shape index (κ3) is 2.60. The highest BCUT2D eigenvalue weighted by Gasteiger charge is 2.18. The van der Waals surface area contributed by atoms with E-state index in [2.05, 4.69) is 84.2 Å². The maximum atomic E-state index is 3.49. The van der Waals surface area contributed by atoms with Gasteiger partial charge in [-0.15, -0.1) is 0 Å². The molecule has 0 unspecified atom stereocenters. The van der Waals surface area contributed by atoms with Crippen molar-refractivity contribution < 1.29 is 0 Å². The van der Waals surface area contributed by atoms with Crippen molar-refractivity contribution in [3.8, 4) is 0 Å². The van der Waals surface area contributed by atoms with Crippen LogP contribution in [0, 0.1) is 0 Å². The molecule has 3 rings (SSSR count). The van der Waals surface area contributed by atoms with Gasteiger partial charge in [-0.3, -0.25) is 0 Å². The fraction of sp³-hybridized carbons (Fsp3) is 0.111. The number of benzene rings is 2. The molecule has 2 aromatic rings. The predicted molar refractivity (Wildman–Crippen MR) is 80.0 cm³/mol. The molecule has 94 valence electrons. The van der Waals surface area contributed by atoms with E-state index in [0.717, 1.165) is 6.54 Å². The van der Waals surface area contributed by atoms with Gasteiger partial charge in [0.1, 0.15) is 0 Å². The van der Waals surface area contributed by atoms with Crippen LogP contribution in [0.25, 0.3) is 0 Å². The third-order valence-corrected chi connectivity index (χ3v) is 3.41. The Hall–Kier alpha value is -2.28. The van der Waals surface area contributed by atoms with Crippen LogP contribution < -0.4 is 5.32 Å². The van der Waals surface area contributed by atoms with Gasteiger partial charge in [-0.1, -0.05) is 72.8 Å². The van der Waals surface area contributed by atoms with E-state index < -0.39 is 0 Å². The Balaban J connectivity index is 2.06. The SMILES string of the molecule is C1=CCNC(C(c2ccccc2)c2ccccc2)=C1. The molecular weight excluding hydrogens is 230 g/mol. The summed E-state index contributed by atoms with van der Waals surface area (Å²) in [4.78, 5) is 0. The van der Waals surface area contributed by atoms with E-state index in [1.165, 1.54) is 16.8 Å². The van der Waals surface area contributed by atoms with E-state index in [-0.39, 0.29) is 5.92 Å². The van der Waals surface area contributed by atoms with Gasteiger partial charge in [-0.25, -0.2) is 0 Å². The van der Waals surface area contributed by atoms with Gasteiger partial charge in [-0.05, 0) is 17.2 Å². The minimum Gasteiger partial charge on any atom is -0.384 e. The Morgan fingerprint density at radius 1 is 0.789 bits per heavy atom. The second-order valence-corrected chi connectivity index (χ2v) is 4.69. The normalized spacial score (nSPS) is 14.1. The standard InChI is InChI=1S/C18H17N/c1-3-9-15(10-4-1)18(16-11-5-2-6-12-16)17-13-7-8-14-19-17/h1-13,18-19H,14H2. The first-order valence-electron chi connectivity index (χ1n) is 6.65. The summed E-state index contributed by atoms with van der Waals surface area (Å²) in [6.45, 7) is 0.905. The van der Waals surface area contributed by atoms with Crippen LogP contribution in [0.4, 0.5) is 0 Å². The lowest BCUT2D eigenvalue weighted by Crippen LogP contribution is -2.22. The predicted octanol–water partition coefficient (Wildman–Crippen LogP) is 3.86. The van der Waals surface area contributed by atoms with Crippen LogP contribution >= 0.6 is 0 Å². The van der Waals surface area contributed by atoms with Crippen LogP contribution in [0.1, 0.15) is 17.0 Å². The van der Waals surface area contributed by atoms with Crippen LogP contribution in [0.2, 0.25) is 0 Å². The molecular formula is C18H17N. The molecule has 0 amide bonds. The molecule has 0 radical (unpaired) electrons. The molecule has 0 fully saturated rings. The maximum Gasteiger partial charge on any atom is 0.0487 e. The lowest BCUT2D eigenvalue weighted by molar-refractivity contribution is 0.780. The first-order valence-corrected chi connectivity index (χ1v) is 6.65. The second-order valence-electron chi connectivity index (χ2n) is 4.69. The molecule has 0 saturated carbocycles. The van der Waals surface area contributed by atoms with Gasteiger partial charge in [-0.2, -0.15) is 0 Å². The molecule has 19 heavy (non-hydrogen) atoms. The average molecular weight is 247 g/mol. The molecule has 1 aliphatic heterocycles. The van der Waals surface area contributed by atoms with Crippen molar-refractivity contribution in [1.82, 2.24) is 5.32 Å². The molecule has 0 aliphatic carbocycles. The smallest absolute Gasteiger partial charge is 0.0487 e. The van der Waals surface area contributed by atoms with Crippen LogP contribution in [-0.4, -0.2) is 6.54 Å². The van der Waals surface area contributed by atoms with Crippen LogP contribution in [0.15, 0.2) is 84.6 Å². The minimum atomic E-state index is 0.285. The number of rotatable bonds is 3. The van der Waals surface area contributed by atoms with E-state index in [9.17, 15) is 0 Å². The van der Waals surface area contributed by atoms with Crippen molar-refractivity contribution in [2.45, 2.75) is 5.92 Å². The molecule has 0 saturated heterocycles. The Kier molecular flexibility index (Phi) is 3.46. The molecule has 0 bridgehead atoms. The van der Waals surface area contributed by atoms with Gasteiger partial charge in [0, 0.05) is 18.2 Å². The summed E-state index contributed by atoms with van der Waals surface area (Å²) in [5.74, 6) is 0.285. The van der Waals surface area contributed by atoms with Crippen molar-refractivity contribution >= 4 is 0 Å². The Morgan fingerprint density at radius 2 is 1.37 bits per heavy atom. The van der Waals surface area contributed by atoms with Crippen LogP contribution in [0.3, 0.4) is 0 Å². The molecule has 2 aromatic carbocycles. The second kappa shape index (κ2) is 5.57. The Bertz CT molecular complexity index is 542. The first-order chi connectivity index (χ1) is 9.45. The topological polar surface area (TPSA) is 12.0 Å². The van der Waals surface area contributed by atoms with E-state index in [1.807, 2.05) is 0 Å². The number of allylic oxidation sites excluding steroid dienone is 3. The summed E-state index contributed by atoms with van der Waals surface area (Å²) in [7, 11) is 0. The zero-order chi connectivity index (χ0) is 12.9. The van der Waals surface area contributed by atoms with Crippen molar-refractivity contribution in [2.75, 3.05) is 6.54 Å². The van der Waals surface area contributed by atoms with E-state index in [4.69, 9.17) is 0 Å². The van der Waals surface area contributed by atoms with Crippen LogP contribution in [0.5, 0.6) is 0 Å². The summed E-state index contributed by atoms with van der Waals surface area (Å²) >= 11 is 0. The Morgan fingerprint density at radius 3 is 1.84 bits per heavy atom. The number of nitrogens with one attached hydrogen (secondary N) is 1. The summed E-state index contributed by atoms with van der Waals surface area (Å²) in [6.07, 6.45) is 6.44. The minimum absolute atomic E-state index is 0.285. The molecule has 1 nitrogen and oxygen atoms in total. The summed E-state index contributed by atoms with van der Waals surface area (Å²) in [5, 5.41) is 3.49. The largest absolute Gasteiger partial charge is 0.384 e. The Labute approximate surface area is 114 Å². The van der Waals surface area contributed by atoms with Crippen molar-refractivity contribution in [3.63, 3.8) is 0 Å². The quantitative estimate of drug-likeness (QED) is 0.868. The van der Waals surface area contributed by atoms with Gasteiger partial charge in [0.2, 0.25) is 0 Å². The average Bonchev–Trinajstić information content (AvgIpc) is 2.51. The number of dihydropyridines is 1. The van der Waals surface area contributed by atoms with E-state index in [0.29, 0.717) is 0 Å². The summed E-state index contributed by atoms with van der Waals surface area (Å²) in [5.41, 5.74) is 3.91. The van der Waals surface area contributed by atoms with Gasteiger partial charge in [0.05, 0.1) is 0 Å². The fourth-order valence-corrected chi connectivity index (χ4v) is 2.52. The highest BCUT2D eigenvalue weighted by atomic mass is 14.9.